The van der Waals surface area contributed by atoms with Gasteiger partial charge >= 0.3 is 12.2 Å². The van der Waals surface area contributed by atoms with Crippen molar-refractivity contribution in [3.8, 4) is 6.07 Å². The first kappa shape index (κ1) is 24.2. The van der Waals surface area contributed by atoms with Crippen molar-refractivity contribution in [1.82, 2.24) is 4.90 Å². The minimum Gasteiger partial charge on any atom is -0.443 e. The van der Waals surface area contributed by atoms with Gasteiger partial charge in [0.05, 0.1) is 18.2 Å². The van der Waals surface area contributed by atoms with Gasteiger partial charge in [-0.05, 0) is 65.3 Å². The highest BCUT2D eigenvalue weighted by atomic mass is 16.6. The highest BCUT2D eigenvalue weighted by Gasteiger charge is 2.31. The third-order valence-corrected chi connectivity index (χ3v) is 2.81. The Hall–Kier alpha value is -2.75. The maximum absolute atomic E-state index is 12.5. The van der Waals surface area contributed by atoms with Crippen LogP contribution in [0.25, 0.3) is 0 Å². The Morgan fingerprint density at radius 3 is 1.85 bits per heavy atom. The second kappa shape index (κ2) is 9.81. The molecule has 0 radical (unpaired) electrons. The number of nitrogens with two attached hydrogens (primary N) is 1. The quantitative estimate of drug-likeness (QED) is 0.739. The molecule has 0 aliphatic heterocycles. The van der Waals surface area contributed by atoms with E-state index >= 15 is 0 Å². The van der Waals surface area contributed by atoms with Crippen molar-refractivity contribution in [3.05, 3.63) is 29.3 Å². The minimum atomic E-state index is -0.854. The summed E-state index contributed by atoms with van der Waals surface area (Å²) in [4.78, 5) is 25.8. The molecule has 0 atom stereocenters. The zero-order valence-corrected chi connectivity index (χ0v) is 17.5. The number of carbonyl (C=O) groups is 2. The molecule has 0 aromatic heterocycles. The van der Waals surface area contributed by atoms with Gasteiger partial charge in [0.2, 0.25) is 0 Å². The Morgan fingerprint density at radius 2 is 1.48 bits per heavy atom. The van der Waals surface area contributed by atoms with E-state index in [2.05, 4.69) is 0 Å². The SMILES string of the molecule is CC.CC(C)(C)OC(=O)N(Cc1cc(N)ccc1C#N)C(=O)OC(C)(C)C. The van der Waals surface area contributed by atoms with Gasteiger partial charge in [-0.15, -0.1) is 0 Å². The monoisotopic (exact) mass is 377 g/mol. The van der Waals surface area contributed by atoms with Crippen molar-refractivity contribution < 1.29 is 19.1 Å². The van der Waals surface area contributed by atoms with Crippen LogP contribution in [0.4, 0.5) is 15.3 Å². The fourth-order valence-electron chi connectivity index (χ4n) is 1.86. The number of nitrogens with zero attached hydrogens (tertiary/aromatic N) is 2. The van der Waals surface area contributed by atoms with Crippen LogP contribution in [-0.4, -0.2) is 28.3 Å². The standard InChI is InChI=1S/C18H25N3O4.C2H6/c1-17(2,3)24-15(22)21(16(23)25-18(4,5)6)11-13-9-14(20)8-7-12(13)10-19;1-2/h7-9H,11,20H2,1-6H3;1-2H3. The molecule has 0 fully saturated rings. The number of amides is 2. The number of hydrogen-bond acceptors (Lipinski definition) is 6. The van der Waals surface area contributed by atoms with Crippen LogP contribution in [0.5, 0.6) is 0 Å². The van der Waals surface area contributed by atoms with E-state index in [-0.39, 0.29) is 6.54 Å². The molecule has 0 bridgehead atoms. The number of hydrogen-bond donors (Lipinski definition) is 1. The topological polar surface area (TPSA) is 106 Å². The van der Waals surface area contributed by atoms with Crippen LogP contribution < -0.4 is 5.73 Å². The van der Waals surface area contributed by atoms with Crippen molar-refractivity contribution in [1.29, 1.82) is 5.26 Å². The van der Waals surface area contributed by atoms with E-state index in [1.54, 1.807) is 53.7 Å². The highest BCUT2D eigenvalue weighted by molar-refractivity contribution is 5.88. The van der Waals surface area contributed by atoms with Crippen molar-refractivity contribution in [3.63, 3.8) is 0 Å². The fraction of sp³-hybridized carbons (Fsp3) is 0.550. The molecule has 2 amide bonds. The van der Waals surface area contributed by atoms with E-state index in [4.69, 9.17) is 15.2 Å². The summed E-state index contributed by atoms with van der Waals surface area (Å²) in [6.07, 6.45) is -1.71. The lowest BCUT2D eigenvalue weighted by Gasteiger charge is -2.28. The van der Waals surface area contributed by atoms with Crippen LogP contribution in [0.1, 0.15) is 66.5 Å². The van der Waals surface area contributed by atoms with Crippen LogP contribution in [0, 0.1) is 11.3 Å². The lowest BCUT2D eigenvalue weighted by molar-refractivity contribution is -0.000254. The van der Waals surface area contributed by atoms with Gasteiger partial charge in [0.25, 0.3) is 0 Å². The second-order valence-electron chi connectivity index (χ2n) is 7.58. The van der Waals surface area contributed by atoms with Gasteiger partial charge in [-0.25, -0.2) is 14.5 Å². The fourth-order valence-corrected chi connectivity index (χ4v) is 1.86. The first-order valence-corrected chi connectivity index (χ1v) is 8.84. The average molecular weight is 377 g/mol. The summed E-state index contributed by atoms with van der Waals surface area (Å²) in [5, 5.41) is 9.23. The smallest absolute Gasteiger partial charge is 0.420 e. The second-order valence-corrected chi connectivity index (χ2v) is 7.58. The van der Waals surface area contributed by atoms with Crippen molar-refractivity contribution in [2.24, 2.45) is 0 Å². The molecule has 0 heterocycles. The zero-order chi connectivity index (χ0) is 21.4. The number of benzene rings is 1. The normalized spacial score (nSPS) is 10.8. The maximum Gasteiger partial charge on any atom is 0.420 e. The summed E-state index contributed by atoms with van der Waals surface area (Å²) >= 11 is 0. The summed E-state index contributed by atoms with van der Waals surface area (Å²) in [6, 6.07) is 6.67. The predicted octanol–water partition coefficient (Wildman–Crippen LogP) is 4.84. The summed E-state index contributed by atoms with van der Waals surface area (Å²) < 4.78 is 10.6. The molecule has 0 unspecified atom stereocenters. The van der Waals surface area contributed by atoms with Crippen LogP contribution >= 0.6 is 0 Å². The van der Waals surface area contributed by atoms with Gasteiger partial charge in [-0.1, -0.05) is 13.8 Å². The summed E-state index contributed by atoms with van der Waals surface area (Å²) in [5.41, 5.74) is 5.34. The molecule has 150 valence electrons. The Balaban J connectivity index is 0.00000326. The molecule has 0 saturated heterocycles. The first-order valence-electron chi connectivity index (χ1n) is 8.84. The molecule has 0 aliphatic carbocycles. The van der Waals surface area contributed by atoms with E-state index in [1.807, 2.05) is 19.9 Å². The van der Waals surface area contributed by atoms with Crippen molar-refractivity contribution >= 4 is 17.9 Å². The first-order chi connectivity index (χ1) is 12.3. The third-order valence-electron chi connectivity index (χ3n) is 2.81. The number of anilines is 1. The van der Waals surface area contributed by atoms with Crippen LogP contribution in [0.3, 0.4) is 0 Å². The number of rotatable bonds is 2. The number of imide groups is 1. The number of ether oxygens (including phenoxy) is 2. The van der Waals surface area contributed by atoms with Crippen LogP contribution in [0.2, 0.25) is 0 Å². The van der Waals surface area contributed by atoms with E-state index in [1.165, 1.54) is 6.07 Å². The predicted molar refractivity (Wildman–Crippen MR) is 105 cm³/mol. The van der Waals surface area contributed by atoms with Gasteiger partial charge in [-0.3, -0.25) is 0 Å². The molecule has 0 spiro atoms. The van der Waals surface area contributed by atoms with Gasteiger partial charge in [-0.2, -0.15) is 5.26 Å². The Kier molecular flexibility index (Phi) is 8.81. The molecule has 7 heteroatoms. The van der Waals surface area contributed by atoms with Gasteiger partial charge in [0, 0.05) is 5.69 Å². The number of nitriles is 1. The van der Waals surface area contributed by atoms with Gasteiger partial charge in [0.15, 0.2) is 0 Å². The summed E-state index contributed by atoms with van der Waals surface area (Å²) in [6.45, 7) is 14.0. The Morgan fingerprint density at radius 1 is 1.04 bits per heavy atom. The molecule has 27 heavy (non-hydrogen) atoms. The average Bonchev–Trinajstić information content (AvgIpc) is 2.51. The minimum absolute atomic E-state index is 0.183. The molecular formula is C20H31N3O4. The van der Waals surface area contributed by atoms with Crippen molar-refractivity contribution in [2.75, 3.05) is 5.73 Å². The summed E-state index contributed by atoms with van der Waals surface area (Å²) in [5.74, 6) is 0. The number of nitrogen functional groups attached to an aromatic ring is 1. The molecule has 1 aromatic carbocycles. The molecular weight excluding hydrogens is 346 g/mol. The molecule has 0 saturated carbocycles. The van der Waals surface area contributed by atoms with E-state index in [0.29, 0.717) is 16.8 Å². The van der Waals surface area contributed by atoms with Gasteiger partial charge in [0.1, 0.15) is 11.2 Å². The lowest BCUT2D eigenvalue weighted by atomic mass is 10.1. The lowest BCUT2D eigenvalue weighted by Crippen LogP contribution is -2.43. The Labute approximate surface area is 162 Å². The van der Waals surface area contributed by atoms with Crippen molar-refractivity contribution in [2.45, 2.75) is 73.1 Å². The van der Waals surface area contributed by atoms with E-state index in [0.717, 1.165) is 4.90 Å². The highest BCUT2D eigenvalue weighted by Crippen LogP contribution is 2.20. The molecule has 1 aromatic rings. The summed E-state index contributed by atoms with van der Waals surface area (Å²) in [7, 11) is 0. The number of carbonyl (C=O) groups excluding carboxylic acids is 2. The largest absolute Gasteiger partial charge is 0.443 e. The molecule has 0 aliphatic rings. The molecule has 1 rings (SSSR count). The molecule has 2 N–H and O–H groups in total. The van der Waals surface area contributed by atoms with E-state index in [9.17, 15) is 14.9 Å². The maximum atomic E-state index is 12.5. The van der Waals surface area contributed by atoms with E-state index < -0.39 is 23.4 Å². The van der Waals surface area contributed by atoms with Crippen LogP contribution in [0.15, 0.2) is 18.2 Å². The Bertz CT molecular complexity index is 667. The van der Waals surface area contributed by atoms with Gasteiger partial charge < -0.3 is 15.2 Å². The van der Waals surface area contributed by atoms with Crippen LogP contribution in [-0.2, 0) is 16.0 Å². The third kappa shape index (κ3) is 8.95. The zero-order valence-electron chi connectivity index (χ0n) is 17.5. The molecule has 7 nitrogen and oxygen atoms in total.